The molecule has 2 fully saturated rings. The molecule has 1 aliphatic heterocycles. The molecule has 1 saturated heterocycles. The number of ether oxygens (including phenoxy) is 2. The third-order valence-corrected chi connectivity index (χ3v) is 7.78. The van der Waals surface area contributed by atoms with E-state index < -0.39 is 6.04 Å². The number of para-hydroxylation sites is 1. The molecule has 5 N–H and O–H groups in total. The average molecular weight is 528 g/mol. The minimum Gasteiger partial charge on any atom is -0.494 e. The van der Waals surface area contributed by atoms with Gasteiger partial charge in [-0.15, -0.1) is 11.3 Å². The van der Waals surface area contributed by atoms with Crippen molar-refractivity contribution < 1.29 is 23.9 Å². The number of benzene rings is 1. The Morgan fingerprint density at radius 3 is 2.70 bits per heavy atom. The van der Waals surface area contributed by atoms with Gasteiger partial charge in [0.05, 0.1) is 26.3 Å². The van der Waals surface area contributed by atoms with Crippen LogP contribution in [0, 0.1) is 10.8 Å². The Balaban J connectivity index is 1.27. The predicted molar refractivity (Wildman–Crippen MR) is 139 cm³/mol. The van der Waals surface area contributed by atoms with Crippen LogP contribution in [-0.4, -0.2) is 67.4 Å². The fraction of sp³-hybridized carbons (Fsp3) is 0.462. The quantitative estimate of drug-likeness (QED) is 0.177. The lowest BCUT2D eigenvalue weighted by atomic mass is 10.00. The minimum absolute atomic E-state index is 0.0197. The molecule has 4 rings (SSSR count). The molecular weight excluding hydrogens is 494 g/mol. The number of carbonyl (C=O) groups excluding carboxylic acids is 3. The number of thiophene rings is 1. The highest BCUT2D eigenvalue weighted by molar-refractivity contribution is 7.10. The first-order valence-corrected chi connectivity index (χ1v) is 13.1. The first-order valence-electron chi connectivity index (χ1n) is 12.3. The molecule has 0 unspecified atom stereocenters. The number of piperidine rings is 1. The SMILES string of the molecule is COC[C@@]12C[C@@H]1N(C(=O)CNC(=O)CCCOc1ccccc1)[C@H](C(=O)NCc1cc(C(=N)N)cs1)C2. The zero-order valence-corrected chi connectivity index (χ0v) is 21.6. The lowest BCUT2D eigenvalue weighted by Crippen LogP contribution is -2.50. The molecule has 11 heteroatoms. The van der Waals surface area contributed by atoms with E-state index in [1.54, 1.807) is 23.5 Å². The number of amides is 3. The van der Waals surface area contributed by atoms with Gasteiger partial charge in [-0.2, -0.15) is 0 Å². The Labute approximate surface area is 220 Å². The van der Waals surface area contributed by atoms with E-state index in [9.17, 15) is 14.4 Å². The van der Waals surface area contributed by atoms with Crippen molar-refractivity contribution in [1.82, 2.24) is 15.5 Å². The van der Waals surface area contributed by atoms with Gasteiger partial charge in [0.1, 0.15) is 17.6 Å². The number of carbonyl (C=O) groups is 3. The Morgan fingerprint density at radius 2 is 2.00 bits per heavy atom. The van der Waals surface area contributed by atoms with E-state index in [1.807, 2.05) is 30.3 Å². The molecule has 2 aliphatic rings. The summed E-state index contributed by atoms with van der Waals surface area (Å²) < 4.78 is 11.0. The third kappa shape index (κ3) is 6.47. The lowest BCUT2D eigenvalue weighted by Gasteiger charge is -2.27. The fourth-order valence-electron chi connectivity index (χ4n) is 4.91. The summed E-state index contributed by atoms with van der Waals surface area (Å²) in [5.41, 5.74) is 5.92. The van der Waals surface area contributed by atoms with Gasteiger partial charge in [0.2, 0.25) is 17.7 Å². The van der Waals surface area contributed by atoms with E-state index >= 15 is 0 Å². The summed E-state index contributed by atoms with van der Waals surface area (Å²) in [5.74, 6) is -0.0154. The zero-order valence-electron chi connectivity index (χ0n) is 20.8. The molecule has 2 aromatic rings. The first-order chi connectivity index (χ1) is 17.8. The molecule has 10 nitrogen and oxygen atoms in total. The van der Waals surface area contributed by atoms with Crippen molar-refractivity contribution in [3.05, 3.63) is 52.2 Å². The molecule has 2 heterocycles. The van der Waals surface area contributed by atoms with Gasteiger partial charge in [-0.3, -0.25) is 19.8 Å². The van der Waals surface area contributed by atoms with Crippen LogP contribution in [0.25, 0.3) is 0 Å². The van der Waals surface area contributed by atoms with Crippen LogP contribution in [0.3, 0.4) is 0 Å². The predicted octanol–water partition coefficient (Wildman–Crippen LogP) is 1.63. The van der Waals surface area contributed by atoms with Crippen molar-refractivity contribution in [2.45, 2.75) is 44.3 Å². The number of hydrogen-bond donors (Lipinski definition) is 4. The van der Waals surface area contributed by atoms with Crippen LogP contribution in [0.4, 0.5) is 0 Å². The molecule has 198 valence electrons. The molecule has 1 saturated carbocycles. The Morgan fingerprint density at radius 1 is 1.22 bits per heavy atom. The summed E-state index contributed by atoms with van der Waals surface area (Å²) >= 11 is 1.41. The van der Waals surface area contributed by atoms with Crippen molar-refractivity contribution >= 4 is 34.9 Å². The molecule has 0 radical (unpaired) electrons. The van der Waals surface area contributed by atoms with Gasteiger partial charge in [0, 0.05) is 40.8 Å². The third-order valence-electron chi connectivity index (χ3n) is 6.84. The highest BCUT2D eigenvalue weighted by atomic mass is 32.1. The van der Waals surface area contributed by atoms with Gasteiger partial charge in [-0.05, 0) is 37.5 Å². The van der Waals surface area contributed by atoms with Crippen LogP contribution in [0.5, 0.6) is 5.75 Å². The summed E-state index contributed by atoms with van der Waals surface area (Å²) in [5, 5.41) is 14.9. The molecule has 37 heavy (non-hydrogen) atoms. The van der Waals surface area contributed by atoms with Gasteiger partial charge in [0.15, 0.2) is 0 Å². The lowest BCUT2D eigenvalue weighted by molar-refractivity contribution is -0.140. The van der Waals surface area contributed by atoms with E-state index in [4.69, 9.17) is 20.6 Å². The normalized spacial score (nSPS) is 21.7. The second-order valence-corrected chi connectivity index (χ2v) is 10.5. The van der Waals surface area contributed by atoms with Crippen molar-refractivity contribution in [2.75, 3.05) is 26.9 Å². The van der Waals surface area contributed by atoms with Gasteiger partial charge >= 0.3 is 0 Å². The first kappa shape index (κ1) is 26.6. The highest BCUT2D eigenvalue weighted by Crippen LogP contribution is 2.59. The second-order valence-electron chi connectivity index (χ2n) is 9.51. The molecule has 3 amide bonds. The standard InChI is InChI=1S/C26H33N5O5S/c1-35-16-26-11-20(25(34)30-13-19-10-17(15-37-19)24(27)28)31(21(26)12-26)23(33)14-29-22(32)8-5-9-36-18-6-3-2-4-7-18/h2-4,6-7,10,15,20-21H,5,8-9,11-14,16H2,1H3,(H3,27,28)(H,29,32)(H,30,34)/t20-,21-,26+/m0/s1. The number of likely N-dealkylation sites (tertiary alicyclic amines) is 1. The number of rotatable bonds is 13. The molecule has 1 aliphatic carbocycles. The summed E-state index contributed by atoms with van der Waals surface area (Å²) in [6.07, 6.45) is 2.08. The number of nitrogen functional groups attached to an aromatic ring is 1. The van der Waals surface area contributed by atoms with E-state index in [2.05, 4.69) is 10.6 Å². The number of methoxy groups -OCH3 is 1. The topological polar surface area (TPSA) is 147 Å². The number of fused-ring (bicyclic) bond motifs is 1. The van der Waals surface area contributed by atoms with Crippen LogP contribution in [0.2, 0.25) is 0 Å². The maximum Gasteiger partial charge on any atom is 0.243 e. The fourth-order valence-corrected chi connectivity index (χ4v) is 5.73. The van der Waals surface area contributed by atoms with Gasteiger partial charge in [0.25, 0.3) is 0 Å². The minimum atomic E-state index is -0.621. The van der Waals surface area contributed by atoms with E-state index in [0.29, 0.717) is 38.2 Å². The van der Waals surface area contributed by atoms with Crippen LogP contribution in [0.1, 0.15) is 36.1 Å². The van der Waals surface area contributed by atoms with Crippen LogP contribution in [-0.2, 0) is 25.7 Å². The van der Waals surface area contributed by atoms with Crippen molar-refractivity contribution in [3.63, 3.8) is 0 Å². The molecule has 0 bridgehead atoms. The summed E-state index contributed by atoms with van der Waals surface area (Å²) in [4.78, 5) is 41.0. The van der Waals surface area contributed by atoms with Crippen molar-refractivity contribution in [2.24, 2.45) is 11.1 Å². The molecule has 0 spiro atoms. The summed E-state index contributed by atoms with van der Waals surface area (Å²) in [6.45, 7) is 1.01. The molecule has 1 aromatic heterocycles. The van der Waals surface area contributed by atoms with Gasteiger partial charge in [-0.25, -0.2) is 0 Å². The number of nitrogens with zero attached hydrogens (tertiary/aromatic N) is 1. The second kappa shape index (κ2) is 11.7. The van der Waals surface area contributed by atoms with Crippen LogP contribution < -0.4 is 21.1 Å². The zero-order chi connectivity index (χ0) is 26.4. The molecular formula is C26H33N5O5S. The highest BCUT2D eigenvalue weighted by Gasteiger charge is 2.67. The monoisotopic (exact) mass is 527 g/mol. The van der Waals surface area contributed by atoms with E-state index in [1.165, 1.54) is 11.3 Å². The maximum atomic E-state index is 13.1. The van der Waals surface area contributed by atoms with Gasteiger partial charge < -0.3 is 30.7 Å². The molecule has 1 aromatic carbocycles. The molecule has 3 atom stereocenters. The summed E-state index contributed by atoms with van der Waals surface area (Å²) in [6, 6.07) is 10.5. The van der Waals surface area contributed by atoms with Crippen molar-refractivity contribution in [1.29, 1.82) is 5.41 Å². The largest absolute Gasteiger partial charge is 0.494 e. The Bertz CT molecular complexity index is 1140. The van der Waals surface area contributed by atoms with E-state index in [0.717, 1.165) is 17.0 Å². The number of nitrogens with two attached hydrogens (primary N) is 1. The average Bonchev–Trinajstić information content (AvgIpc) is 3.23. The van der Waals surface area contributed by atoms with Crippen LogP contribution >= 0.6 is 11.3 Å². The Kier molecular flexibility index (Phi) is 8.45. The van der Waals surface area contributed by atoms with E-state index in [-0.39, 0.29) is 48.0 Å². The Hall–Kier alpha value is -3.44. The smallest absolute Gasteiger partial charge is 0.243 e. The van der Waals surface area contributed by atoms with Gasteiger partial charge in [-0.1, -0.05) is 18.2 Å². The number of nitrogens with one attached hydrogen (secondary N) is 3. The number of hydrogen-bond acceptors (Lipinski definition) is 7. The maximum absolute atomic E-state index is 13.1. The summed E-state index contributed by atoms with van der Waals surface area (Å²) in [7, 11) is 1.62. The number of amidine groups is 1. The van der Waals surface area contributed by atoms with Crippen LogP contribution in [0.15, 0.2) is 41.8 Å². The van der Waals surface area contributed by atoms with Crippen molar-refractivity contribution in [3.8, 4) is 5.75 Å².